The van der Waals surface area contributed by atoms with Crippen molar-refractivity contribution in [1.29, 1.82) is 0 Å². The molecule has 3 N–H and O–H groups in total. The van der Waals surface area contributed by atoms with Crippen LogP contribution < -0.4 is 10.0 Å². The van der Waals surface area contributed by atoms with Gasteiger partial charge in [0.2, 0.25) is 0 Å². The number of rotatable bonds is 11. The minimum atomic E-state index is -4.09. The Morgan fingerprint density at radius 3 is 2.35 bits per heavy atom. The first kappa shape index (κ1) is 24.3. The fourth-order valence-corrected chi connectivity index (χ4v) is 3.62. The van der Waals surface area contributed by atoms with Crippen LogP contribution in [0.2, 0.25) is 0 Å². The molecule has 0 aromatic heterocycles. The second-order valence-corrected chi connectivity index (χ2v) is 8.17. The first-order valence-electron chi connectivity index (χ1n) is 9.45. The molecule has 31 heavy (non-hydrogen) atoms. The fourth-order valence-electron chi connectivity index (χ4n) is 2.72. The summed E-state index contributed by atoms with van der Waals surface area (Å²) < 4.78 is 37.2. The van der Waals surface area contributed by atoms with E-state index in [1.165, 1.54) is 30.3 Å². The Kier molecular flexibility index (Phi) is 8.98. The Hall–Kier alpha value is -2.95. The minimum absolute atomic E-state index is 0.0169. The molecular weight excluding hydrogens is 424 g/mol. The van der Waals surface area contributed by atoms with Gasteiger partial charge in [-0.05, 0) is 50.1 Å². The van der Waals surface area contributed by atoms with Crippen molar-refractivity contribution in [2.24, 2.45) is 0 Å². The lowest BCUT2D eigenvalue weighted by Crippen LogP contribution is -2.34. The standard InChI is InChI=1S/C21H25N2O7S/c1-3-29-13-14-30-12-11-17-18(20(24)25)5-4-6-19(17)22-21(26)23-31(27,28)16-9-7-15(2)8-10-16/h4-10H,1,3,11-14H2,2H3,(H,24,25)(H2,22,23,26). The molecule has 2 rings (SSSR count). The first-order valence-corrected chi connectivity index (χ1v) is 10.9. The highest BCUT2D eigenvalue weighted by molar-refractivity contribution is 7.90. The summed E-state index contributed by atoms with van der Waals surface area (Å²) in [7, 11) is -4.09. The molecule has 0 atom stereocenters. The number of aryl methyl sites for hydroxylation is 1. The molecule has 0 saturated carbocycles. The Balaban J connectivity index is 2.12. The number of carbonyl (C=O) groups is 2. The Morgan fingerprint density at radius 2 is 1.71 bits per heavy atom. The van der Waals surface area contributed by atoms with Crippen LogP contribution in [0.15, 0.2) is 47.4 Å². The summed E-state index contributed by atoms with van der Waals surface area (Å²) in [5.74, 6) is -1.17. The molecule has 0 aliphatic rings. The maximum Gasteiger partial charge on any atom is 0.336 e. The lowest BCUT2D eigenvalue weighted by Gasteiger charge is -2.15. The average Bonchev–Trinajstić information content (AvgIpc) is 2.71. The molecule has 2 aromatic carbocycles. The highest BCUT2D eigenvalue weighted by atomic mass is 32.2. The van der Waals surface area contributed by atoms with Crippen LogP contribution in [-0.4, -0.2) is 52.0 Å². The molecule has 10 heteroatoms. The maximum atomic E-state index is 12.4. The summed E-state index contributed by atoms with van der Waals surface area (Å²) in [5, 5.41) is 11.9. The minimum Gasteiger partial charge on any atom is -0.478 e. The van der Waals surface area contributed by atoms with Gasteiger partial charge < -0.3 is 19.9 Å². The number of benzene rings is 2. The highest BCUT2D eigenvalue weighted by Crippen LogP contribution is 2.21. The number of nitrogens with one attached hydrogen (secondary N) is 2. The number of hydrogen-bond donors (Lipinski definition) is 3. The predicted octanol–water partition coefficient (Wildman–Crippen LogP) is 2.61. The number of carboxylic acids is 1. The third kappa shape index (κ3) is 7.35. The molecule has 0 aliphatic heterocycles. The van der Waals surface area contributed by atoms with Gasteiger partial charge in [-0.15, -0.1) is 0 Å². The van der Waals surface area contributed by atoms with Gasteiger partial charge in [0.25, 0.3) is 10.0 Å². The number of ether oxygens (including phenoxy) is 2. The number of hydrogen-bond acceptors (Lipinski definition) is 6. The third-order valence-corrected chi connectivity index (χ3v) is 5.57. The SMILES string of the molecule is [CH2]COCCOCCc1c(NC(=O)NS(=O)(=O)c2ccc(C)cc2)cccc1C(=O)O. The molecule has 1 radical (unpaired) electrons. The Bertz CT molecular complexity index is 1000. The molecule has 0 heterocycles. The van der Waals surface area contributed by atoms with E-state index in [9.17, 15) is 23.1 Å². The van der Waals surface area contributed by atoms with Crippen molar-refractivity contribution in [3.05, 3.63) is 66.1 Å². The third-order valence-electron chi connectivity index (χ3n) is 4.23. The van der Waals surface area contributed by atoms with E-state index in [1.54, 1.807) is 12.1 Å². The van der Waals surface area contributed by atoms with Gasteiger partial charge in [-0.3, -0.25) is 0 Å². The van der Waals surface area contributed by atoms with E-state index in [4.69, 9.17) is 9.47 Å². The summed E-state index contributed by atoms with van der Waals surface area (Å²) >= 11 is 0. The van der Waals surface area contributed by atoms with Crippen molar-refractivity contribution < 1.29 is 32.6 Å². The molecular formula is C21H25N2O7S. The number of aromatic carboxylic acids is 1. The van der Waals surface area contributed by atoms with E-state index in [2.05, 4.69) is 12.2 Å². The molecule has 2 aromatic rings. The van der Waals surface area contributed by atoms with E-state index in [1.807, 2.05) is 11.6 Å². The molecule has 2 amide bonds. The quantitative estimate of drug-likeness (QED) is 0.449. The monoisotopic (exact) mass is 449 g/mol. The first-order chi connectivity index (χ1) is 14.7. The van der Waals surface area contributed by atoms with E-state index >= 15 is 0 Å². The summed E-state index contributed by atoms with van der Waals surface area (Å²) in [6.45, 7) is 6.52. The molecule has 0 saturated heterocycles. The van der Waals surface area contributed by atoms with Crippen molar-refractivity contribution in [3.8, 4) is 0 Å². The number of amides is 2. The van der Waals surface area contributed by atoms with Crippen LogP contribution in [0.1, 0.15) is 21.5 Å². The van der Waals surface area contributed by atoms with Crippen LogP contribution in [-0.2, 0) is 25.9 Å². The highest BCUT2D eigenvalue weighted by Gasteiger charge is 2.20. The lowest BCUT2D eigenvalue weighted by atomic mass is 10.0. The predicted molar refractivity (Wildman–Crippen MR) is 115 cm³/mol. The van der Waals surface area contributed by atoms with Crippen molar-refractivity contribution >= 4 is 27.7 Å². The van der Waals surface area contributed by atoms with Gasteiger partial charge >= 0.3 is 12.0 Å². The van der Waals surface area contributed by atoms with Crippen LogP contribution >= 0.6 is 0 Å². The Morgan fingerprint density at radius 1 is 1.03 bits per heavy atom. The molecule has 0 aliphatic carbocycles. The number of sulfonamides is 1. The Labute approximate surface area is 181 Å². The van der Waals surface area contributed by atoms with E-state index in [0.29, 0.717) is 25.4 Å². The van der Waals surface area contributed by atoms with E-state index in [-0.39, 0.29) is 29.2 Å². The van der Waals surface area contributed by atoms with Crippen LogP contribution in [0.3, 0.4) is 0 Å². The van der Waals surface area contributed by atoms with Gasteiger partial charge in [0, 0.05) is 12.3 Å². The van der Waals surface area contributed by atoms with Crippen molar-refractivity contribution in [2.75, 3.05) is 31.7 Å². The fraction of sp³-hybridized carbons (Fsp3) is 0.286. The van der Waals surface area contributed by atoms with Gasteiger partial charge in [-0.25, -0.2) is 22.7 Å². The second-order valence-electron chi connectivity index (χ2n) is 6.48. The second kappa shape index (κ2) is 11.4. The van der Waals surface area contributed by atoms with Crippen molar-refractivity contribution in [2.45, 2.75) is 18.2 Å². The van der Waals surface area contributed by atoms with Gasteiger partial charge in [0.05, 0.1) is 30.3 Å². The number of carbonyl (C=O) groups excluding carboxylic acids is 1. The summed E-state index contributed by atoms with van der Waals surface area (Å²) in [5.41, 5.74) is 1.35. The molecule has 0 bridgehead atoms. The van der Waals surface area contributed by atoms with E-state index < -0.39 is 22.0 Å². The zero-order valence-corrected chi connectivity index (χ0v) is 17.9. The van der Waals surface area contributed by atoms with Crippen LogP contribution in [0.4, 0.5) is 10.5 Å². The van der Waals surface area contributed by atoms with Gasteiger partial charge in [0.15, 0.2) is 0 Å². The summed E-state index contributed by atoms with van der Waals surface area (Å²) in [6.07, 6.45) is 0.188. The number of anilines is 1. The van der Waals surface area contributed by atoms with Crippen LogP contribution in [0.5, 0.6) is 0 Å². The summed E-state index contributed by atoms with van der Waals surface area (Å²) in [4.78, 5) is 23.9. The average molecular weight is 450 g/mol. The normalized spacial score (nSPS) is 11.2. The smallest absolute Gasteiger partial charge is 0.336 e. The molecule has 0 fully saturated rings. The number of urea groups is 1. The zero-order chi connectivity index (χ0) is 22.9. The van der Waals surface area contributed by atoms with E-state index in [0.717, 1.165) is 5.56 Å². The van der Waals surface area contributed by atoms with Crippen LogP contribution in [0, 0.1) is 13.8 Å². The van der Waals surface area contributed by atoms with Crippen molar-refractivity contribution in [3.63, 3.8) is 0 Å². The topological polar surface area (TPSA) is 131 Å². The van der Waals surface area contributed by atoms with Gasteiger partial charge in [0.1, 0.15) is 0 Å². The molecule has 9 nitrogen and oxygen atoms in total. The molecule has 0 spiro atoms. The van der Waals surface area contributed by atoms with Crippen LogP contribution in [0.25, 0.3) is 0 Å². The maximum absolute atomic E-state index is 12.4. The summed E-state index contributed by atoms with van der Waals surface area (Å²) in [6, 6.07) is 9.34. The molecule has 167 valence electrons. The van der Waals surface area contributed by atoms with Gasteiger partial charge in [-0.2, -0.15) is 0 Å². The zero-order valence-electron chi connectivity index (χ0n) is 17.1. The van der Waals surface area contributed by atoms with Crippen molar-refractivity contribution in [1.82, 2.24) is 4.72 Å². The lowest BCUT2D eigenvalue weighted by molar-refractivity contribution is 0.0588. The van der Waals surface area contributed by atoms with Gasteiger partial charge in [-0.1, -0.05) is 23.8 Å². The largest absolute Gasteiger partial charge is 0.478 e. The number of carboxylic acid groups (broad SMARTS) is 1. The molecule has 0 unspecified atom stereocenters.